The number of amides is 2. The van der Waals surface area contributed by atoms with Gasteiger partial charge in [-0.05, 0) is 68.8 Å². The molecule has 0 saturated carbocycles. The molecule has 2 aromatic heterocycles. The van der Waals surface area contributed by atoms with Crippen LogP contribution in [0.2, 0.25) is 0 Å². The Morgan fingerprint density at radius 3 is 2.27 bits per heavy atom. The van der Waals surface area contributed by atoms with Gasteiger partial charge in [-0.2, -0.15) is 18.2 Å². The third-order valence-electron chi connectivity index (χ3n) is 5.87. The number of hydrogen-bond acceptors (Lipinski definition) is 5. The van der Waals surface area contributed by atoms with Gasteiger partial charge in [0.05, 0.1) is 17.4 Å². The van der Waals surface area contributed by atoms with Crippen LogP contribution >= 0.6 is 0 Å². The summed E-state index contributed by atoms with van der Waals surface area (Å²) in [6, 6.07) is 13.5. The van der Waals surface area contributed by atoms with Crippen LogP contribution in [0.15, 0.2) is 59.0 Å². The minimum absolute atomic E-state index is 0.00202. The van der Waals surface area contributed by atoms with Crippen LogP contribution in [0.4, 0.5) is 23.4 Å². The first-order valence-electron chi connectivity index (χ1n) is 12.4. The number of fused-ring (bicyclic) bond motifs is 1. The van der Waals surface area contributed by atoms with Crippen molar-refractivity contribution in [2.45, 2.75) is 38.9 Å². The molecule has 2 aromatic carbocycles. The molecular formula is C29H28F4N4O3. The van der Waals surface area contributed by atoms with Crippen LogP contribution in [-0.4, -0.2) is 42.1 Å². The first-order chi connectivity index (χ1) is 18.8. The molecule has 0 atom stereocenters. The van der Waals surface area contributed by atoms with Crippen LogP contribution in [0.1, 0.15) is 47.9 Å². The molecule has 2 heterocycles. The van der Waals surface area contributed by atoms with E-state index in [4.69, 9.17) is 4.42 Å². The third-order valence-corrected chi connectivity index (χ3v) is 5.87. The number of halogens is 4. The number of nitrogens with one attached hydrogen (secondary N) is 3. The Kier molecular flexibility index (Phi) is 7.86. The molecule has 0 bridgehead atoms. The number of alkyl halides is 3. The average Bonchev–Trinajstić information content (AvgIpc) is 3.25. The molecule has 2 amide bonds. The number of furan rings is 1. The van der Waals surface area contributed by atoms with Gasteiger partial charge in [0.1, 0.15) is 17.4 Å². The standard InChI is InChI=1S/C29H28F4N4O3/c1-28(2,3)37-25(38)18-7-5-6-17(14-18)20-15-21-22(26(39)34-4)23(16-8-10-19(30)11-9-16)40-27(21)36-24(20)35-13-12-29(31,32)33/h5-11,14-15H,12-13H2,1-4H3,(H,34,39)(H,35,36)(H,37,38). The first kappa shape index (κ1) is 28.6. The number of pyridine rings is 1. The first-order valence-corrected chi connectivity index (χ1v) is 12.4. The Hall–Kier alpha value is -4.41. The zero-order chi connectivity index (χ0) is 29.2. The number of carbonyl (C=O) groups is 2. The molecule has 0 aliphatic heterocycles. The smallest absolute Gasteiger partial charge is 0.390 e. The Balaban J connectivity index is 1.90. The topological polar surface area (TPSA) is 96.3 Å². The quantitative estimate of drug-likeness (QED) is 0.224. The van der Waals surface area contributed by atoms with E-state index in [0.29, 0.717) is 27.6 Å². The van der Waals surface area contributed by atoms with Crippen molar-refractivity contribution in [1.29, 1.82) is 0 Å². The molecule has 0 aliphatic carbocycles. The van der Waals surface area contributed by atoms with Gasteiger partial charge >= 0.3 is 6.18 Å². The van der Waals surface area contributed by atoms with E-state index in [1.807, 2.05) is 20.8 Å². The fraction of sp³-hybridized carbons (Fsp3) is 0.276. The predicted octanol–water partition coefficient (Wildman–Crippen LogP) is 6.55. The molecule has 210 valence electrons. The number of benzene rings is 2. The molecule has 0 radical (unpaired) electrons. The molecule has 0 fully saturated rings. The van der Waals surface area contributed by atoms with Crippen molar-refractivity contribution in [3.8, 4) is 22.5 Å². The molecule has 4 rings (SSSR count). The van der Waals surface area contributed by atoms with E-state index in [-0.39, 0.29) is 28.8 Å². The van der Waals surface area contributed by atoms with Crippen LogP contribution < -0.4 is 16.0 Å². The zero-order valence-corrected chi connectivity index (χ0v) is 22.3. The number of rotatable bonds is 7. The van der Waals surface area contributed by atoms with Gasteiger partial charge in [-0.3, -0.25) is 9.59 Å². The fourth-order valence-corrected chi connectivity index (χ4v) is 4.10. The van der Waals surface area contributed by atoms with Crippen molar-refractivity contribution >= 4 is 28.7 Å². The molecule has 4 aromatic rings. The van der Waals surface area contributed by atoms with Crippen LogP contribution in [0, 0.1) is 5.82 Å². The van der Waals surface area contributed by atoms with Crippen molar-refractivity contribution in [3.05, 3.63) is 71.5 Å². The number of hydrogen-bond donors (Lipinski definition) is 3. The summed E-state index contributed by atoms with van der Waals surface area (Å²) in [6.45, 7) is 5.06. The SMILES string of the molecule is CNC(=O)c1c(-c2ccc(F)cc2)oc2nc(NCCC(F)(F)F)c(-c3cccc(C(=O)NC(C)(C)C)c3)cc12. The highest BCUT2D eigenvalue weighted by Crippen LogP contribution is 2.38. The molecule has 0 spiro atoms. The number of nitrogens with zero attached hydrogens (tertiary/aromatic N) is 1. The number of anilines is 1. The van der Waals surface area contributed by atoms with E-state index in [2.05, 4.69) is 20.9 Å². The zero-order valence-electron chi connectivity index (χ0n) is 22.3. The fourth-order valence-electron chi connectivity index (χ4n) is 4.10. The predicted molar refractivity (Wildman–Crippen MR) is 145 cm³/mol. The van der Waals surface area contributed by atoms with Gasteiger partial charge in [0.25, 0.3) is 11.8 Å². The Labute approximate surface area is 228 Å². The summed E-state index contributed by atoms with van der Waals surface area (Å²) in [5, 5.41) is 8.45. The van der Waals surface area contributed by atoms with Crippen molar-refractivity contribution in [2.75, 3.05) is 18.9 Å². The molecule has 11 heteroatoms. The summed E-state index contributed by atoms with van der Waals surface area (Å²) in [6.07, 6.45) is -5.50. The summed E-state index contributed by atoms with van der Waals surface area (Å²) < 4.78 is 58.2. The van der Waals surface area contributed by atoms with Gasteiger partial charge in [-0.15, -0.1) is 0 Å². The third kappa shape index (κ3) is 6.59. The Morgan fingerprint density at radius 1 is 0.950 bits per heavy atom. The van der Waals surface area contributed by atoms with Crippen LogP contribution in [0.3, 0.4) is 0 Å². The molecular weight excluding hydrogens is 528 g/mol. The van der Waals surface area contributed by atoms with Crippen molar-refractivity contribution in [1.82, 2.24) is 15.6 Å². The Bertz CT molecular complexity index is 1550. The van der Waals surface area contributed by atoms with Crippen LogP contribution in [-0.2, 0) is 0 Å². The summed E-state index contributed by atoms with van der Waals surface area (Å²) in [7, 11) is 1.44. The molecule has 7 nitrogen and oxygen atoms in total. The van der Waals surface area contributed by atoms with Crippen molar-refractivity contribution in [3.63, 3.8) is 0 Å². The minimum Gasteiger partial charge on any atom is -0.437 e. The van der Waals surface area contributed by atoms with Gasteiger partial charge < -0.3 is 20.4 Å². The molecule has 3 N–H and O–H groups in total. The summed E-state index contributed by atoms with van der Waals surface area (Å²) >= 11 is 0. The minimum atomic E-state index is -4.39. The molecule has 40 heavy (non-hydrogen) atoms. The van der Waals surface area contributed by atoms with Gasteiger partial charge in [0.15, 0.2) is 0 Å². The molecule has 0 aliphatic rings. The highest BCUT2D eigenvalue weighted by Gasteiger charge is 2.28. The van der Waals surface area contributed by atoms with Gasteiger partial charge in [-0.1, -0.05) is 12.1 Å². The highest BCUT2D eigenvalue weighted by molar-refractivity contribution is 6.11. The maximum Gasteiger partial charge on any atom is 0.390 e. The molecule has 0 unspecified atom stereocenters. The maximum absolute atomic E-state index is 13.6. The van der Waals surface area contributed by atoms with E-state index >= 15 is 0 Å². The van der Waals surface area contributed by atoms with Gasteiger partial charge in [-0.25, -0.2) is 4.39 Å². The normalized spacial score (nSPS) is 11.9. The lowest BCUT2D eigenvalue weighted by Gasteiger charge is -2.20. The highest BCUT2D eigenvalue weighted by atomic mass is 19.4. The van der Waals surface area contributed by atoms with E-state index in [9.17, 15) is 27.2 Å². The summed E-state index contributed by atoms with van der Waals surface area (Å²) in [5.41, 5.74) is 1.22. The lowest BCUT2D eigenvalue weighted by molar-refractivity contribution is -0.131. The van der Waals surface area contributed by atoms with Crippen LogP contribution in [0.5, 0.6) is 0 Å². The molecule has 0 saturated heterocycles. The second-order valence-corrected chi connectivity index (χ2v) is 10.2. The van der Waals surface area contributed by atoms with E-state index in [1.54, 1.807) is 30.3 Å². The van der Waals surface area contributed by atoms with Crippen molar-refractivity contribution in [2.24, 2.45) is 0 Å². The monoisotopic (exact) mass is 556 g/mol. The summed E-state index contributed by atoms with van der Waals surface area (Å²) in [4.78, 5) is 30.2. The van der Waals surface area contributed by atoms with E-state index in [1.165, 1.54) is 31.3 Å². The van der Waals surface area contributed by atoms with Gasteiger partial charge in [0.2, 0.25) is 5.71 Å². The Morgan fingerprint density at radius 2 is 1.65 bits per heavy atom. The number of carbonyl (C=O) groups excluding carboxylic acids is 2. The van der Waals surface area contributed by atoms with E-state index < -0.39 is 36.4 Å². The summed E-state index contributed by atoms with van der Waals surface area (Å²) in [5.74, 6) is -1.11. The largest absolute Gasteiger partial charge is 0.437 e. The maximum atomic E-state index is 13.6. The average molecular weight is 557 g/mol. The van der Waals surface area contributed by atoms with Crippen LogP contribution in [0.25, 0.3) is 33.6 Å². The van der Waals surface area contributed by atoms with Crippen molar-refractivity contribution < 1.29 is 31.6 Å². The number of aromatic nitrogens is 1. The second kappa shape index (κ2) is 11.0. The second-order valence-electron chi connectivity index (χ2n) is 10.2. The van der Waals surface area contributed by atoms with E-state index in [0.717, 1.165) is 0 Å². The van der Waals surface area contributed by atoms with Gasteiger partial charge in [0, 0.05) is 35.8 Å². The lowest BCUT2D eigenvalue weighted by Crippen LogP contribution is -2.40. The lowest BCUT2D eigenvalue weighted by atomic mass is 9.99.